The third-order valence-corrected chi connectivity index (χ3v) is 2.38. The fraction of sp³-hybridized carbons (Fsp3) is 0.417. The summed E-state index contributed by atoms with van der Waals surface area (Å²) in [7, 11) is 0. The molecule has 0 atom stereocenters. The number of carboxylic acids is 1. The van der Waals surface area contributed by atoms with Gasteiger partial charge in [0.1, 0.15) is 11.3 Å². The zero-order chi connectivity index (χ0) is 11.8. The quantitative estimate of drug-likeness (QED) is 0.746. The van der Waals surface area contributed by atoms with Gasteiger partial charge in [0, 0.05) is 0 Å². The Balaban J connectivity index is 3.43. The predicted molar refractivity (Wildman–Crippen MR) is 58.5 cm³/mol. The molecule has 15 heavy (non-hydrogen) atoms. The number of phenols is 1. The Morgan fingerprint density at radius 2 is 1.80 bits per heavy atom. The molecule has 0 aromatic heterocycles. The van der Waals surface area contributed by atoms with Crippen LogP contribution in [0.15, 0.2) is 12.1 Å². The third kappa shape index (κ3) is 2.29. The first kappa shape index (κ1) is 11.6. The molecule has 0 heterocycles. The van der Waals surface area contributed by atoms with Gasteiger partial charge in [-0.2, -0.15) is 0 Å². The summed E-state index contributed by atoms with van der Waals surface area (Å²) in [6, 6.07) is 3.05. The van der Waals surface area contributed by atoms with Crippen LogP contribution in [0, 0.1) is 6.92 Å². The summed E-state index contributed by atoms with van der Waals surface area (Å²) in [6.07, 6.45) is 0. The van der Waals surface area contributed by atoms with Gasteiger partial charge in [-0.3, -0.25) is 0 Å². The summed E-state index contributed by atoms with van der Waals surface area (Å²) in [5.41, 5.74) is 1.69. The molecule has 0 aliphatic carbocycles. The second-order valence-corrected chi connectivity index (χ2v) is 4.74. The minimum atomic E-state index is -1.10. The molecular formula is C12H16O3. The average molecular weight is 208 g/mol. The highest BCUT2D eigenvalue weighted by molar-refractivity contribution is 5.91. The van der Waals surface area contributed by atoms with Crippen LogP contribution < -0.4 is 0 Å². The Bertz CT molecular complexity index is 400. The van der Waals surface area contributed by atoms with Crippen molar-refractivity contribution in [3.8, 4) is 5.75 Å². The van der Waals surface area contributed by atoms with Gasteiger partial charge < -0.3 is 10.2 Å². The van der Waals surface area contributed by atoms with Gasteiger partial charge in [0.25, 0.3) is 0 Å². The van der Waals surface area contributed by atoms with Crippen molar-refractivity contribution in [3.05, 3.63) is 28.8 Å². The van der Waals surface area contributed by atoms with E-state index < -0.39 is 5.97 Å². The van der Waals surface area contributed by atoms with Crippen LogP contribution in [0.3, 0.4) is 0 Å². The Morgan fingerprint density at radius 1 is 1.27 bits per heavy atom. The van der Waals surface area contributed by atoms with Gasteiger partial charge in [0.05, 0.1) is 0 Å². The zero-order valence-corrected chi connectivity index (χ0v) is 9.46. The van der Waals surface area contributed by atoms with E-state index in [4.69, 9.17) is 5.11 Å². The number of hydrogen-bond acceptors (Lipinski definition) is 2. The smallest absolute Gasteiger partial charge is 0.339 e. The highest BCUT2D eigenvalue weighted by Crippen LogP contribution is 2.30. The summed E-state index contributed by atoms with van der Waals surface area (Å²) in [5.74, 6) is -1.27. The standard InChI is InChI=1S/C12H16O3/c1-7-5-10(13)8(11(14)15)6-9(7)12(2,3)4/h5-6,13H,1-4H3,(H,14,15). The third-order valence-electron chi connectivity index (χ3n) is 2.38. The van der Waals surface area contributed by atoms with Gasteiger partial charge in [-0.15, -0.1) is 0 Å². The molecule has 2 N–H and O–H groups in total. The van der Waals surface area contributed by atoms with Gasteiger partial charge in [0.15, 0.2) is 0 Å². The van der Waals surface area contributed by atoms with Crippen molar-refractivity contribution in [2.24, 2.45) is 0 Å². The normalized spacial score (nSPS) is 11.5. The number of aryl methyl sites for hydroxylation is 1. The Labute approximate surface area is 89.4 Å². The van der Waals surface area contributed by atoms with E-state index in [9.17, 15) is 9.90 Å². The molecule has 0 amide bonds. The molecule has 0 bridgehead atoms. The van der Waals surface area contributed by atoms with Gasteiger partial charge >= 0.3 is 5.97 Å². The topological polar surface area (TPSA) is 57.5 Å². The van der Waals surface area contributed by atoms with Crippen LogP contribution in [0.1, 0.15) is 42.3 Å². The van der Waals surface area contributed by atoms with E-state index in [0.29, 0.717) is 0 Å². The fourth-order valence-corrected chi connectivity index (χ4v) is 1.67. The molecule has 0 saturated carbocycles. The van der Waals surface area contributed by atoms with Crippen molar-refractivity contribution in [1.29, 1.82) is 0 Å². The molecule has 1 rings (SSSR count). The van der Waals surface area contributed by atoms with Crippen molar-refractivity contribution in [2.45, 2.75) is 33.1 Å². The van der Waals surface area contributed by atoms with Crippen LogP contribution in [0.25, 0.3) is 0 Å². The number of carbonyl (C=O) groups is 1. The largest absolute Gasteiger partial charge is 0.507 e. The lowest BCUT2D eigenvalue weighted by atomic mass is 9.83. The molecule has 0 radical (unpaired) electrons. The summed E-state index contributed by atoms with van der Waals surface area (Å²) in [4.78, 5) is 10.9. The average Bonchev–Trinajstić information content (AvgIpc) is 2.00. The van der Waals surface area contributed by atoms with Gasteiger partial charge in [-0.05, 0) is 35.6 Å². The van der Waals surface area contributed by atoms with Crippen LogP contribution in [0.2, 0.25) is 0 Å². The molecule has 3 heteroatoms. The van der Waals surface area contributed by atoms with E-state index in [1.807, 2.05) is 27.7 Å². The maximum Gasteiger partial charge on any atom is 0.339 e. The molecule has 0 aliphatic rings. The van der Waals surface area contributed by atoms with Crippen LogP contribution in [-0.2, 0) is 5.41 Å². The Kier molecular flexibility index (Phi) is 2.75. The van der Waals surface area contributed by atoms with E-state index in [1.165, 1.54) is 6.07 Å². The maximum atomic E-state index is 10.9. The van der Waals surface area contributed by atoms with Crippen molar-refractivity contribution in [3.63, 3.8) is 0 Å². The van der Waals surface area contributed by atoms with E-state index in [2.05, 4.69) is 0 Å². The number of benzene rings is 1. The first-order chi connectivity index (χ1) is 6.73. The second kappa shape index (κ2) is 3.57. The van der Waals surface area contributed by atoms with Crippen LogP contribution in [-0.4, -0.2) is 16.2 Å². The van der Waals surface area contributed by atoms with E-state index in [-0.39, 0.29) is 16.7 Å². The summed E-state index contributed by atoms with van der Waals surface area (Å²) < 4.78 is 0. The minimum absolute atomic E-state index is 0.0366. The van der Waals surface area contributed by atoms with Crippen LogP contribution >= 0.6 is 0 Å². The first-order valence-electron chi connectivity index (χ1n) is 4.81. The molecule has 0 spiro atoms. The van der Waals surface area contributed by atoms with Gasteiger partial charge in [-0.1, -0.05) is 20.8 Å². The fourth-order valence-electron chi connectivity index (χ4n) is 1.67. The SMILES string of the molecule is Cc1cc(O)c(C(=O)O)cc1C(C)(C)C. The van der Waals surface area contributed by atoms with Crippen molar-refractivity contribution in [2.75, 3.05) is 0 Å². The Morgan fingerprint density at radius 3 is 2.20 bits per heavy atom. The molecule has 3 nitrogen and oxygen atoms in total. The lowest BCUT2D eigenvalue weighted by Gasteiger charge is -2.22. The molecule has 0 unspecified atom stereocenters. The summed E-state index contributed by atoms with van der Waals surface area (Å²) in [5, 5.41) is 18.4. The Hall–Kier alpha value is -1.51. The molecule has 0 saturated heterocycles. The lowest BCUT2D eigenvalue weighted by molar-refractivity contribution is 0.0693. The zero-order valence-electron chi connectivity index (χ0n) is 9.46. The van der Waals surface area contributed by atoms with Crippen LogP contribution in [0.5, 0.6) is 5.75 Å². The minimum Gasteiger partial charge on any atom is -0.507 e. The molecule has 0 fully saturated rings. The highest BCUT2D eigenvalue weighted by Gasteiger charge is 2.20. The summed E-state index contributed by atoms with van der Waals surface area (Å²) in [6.45, 7) is 7.90. The maximum absolute atomic E-state index is 10.9. The predicted octanol–water partition coefficient (Wildman–Crippen LogP) is 2.70. The van der Waals surface area contributed by atoms with Gasteiger partial charge in [0.2, 0.25) is 0 Å². The number of rotatable bonds is 1. The number of carboxylic acid groups (broad SMARTS) is 1. The van der Waals surface area contributed by atoms with Crippen molar-refractivity contribution < 1.29 is 15.0 Å². The molecular weight excluding hydrogens is 192 g/mol. The number of hydrogen-bond donors (Lipinski definition) is 2. The molecule has 82 valence electrons. The van der Waals surface area contributed by atoms with E-state index in [0.717, 1.165) is 11.1 Å². The van der Waals surface area contributed by atoms with Crippen LogP contribution in [0.4, 0.5) is 0 Å². The van der Waals surface area contributed by atoms with E-state index in [1.54, 1.807) is 6.07 Å². The molecule has 1 aromatic rings. The second-order valence-electron chi connectivity index (χ2n) is 4.74. The highest BCUT2D eigenvalue weighted by atomic mass is 16.4. The van der Waals surface area contributed by atoms with Crippen molar-refractivity contribution >= 4 is 5.97 Å². The molecule has 0 aliphatic heterocycles. The van der Waals surface area contributed by atoms with Gasteiger partial charge in [-0.25, -0.2) is 4.79 Å². The summed E-state index contributed by atoms with van der Waals surface area (Å²) >= 11 is 0. The van der Waals surface area contributed by atoms with Crippen molar-refractivity contribution in [1.82, 2.24) is 0 Å². The lowest BCUT2D eigenvalue weighted by Crippen LogP contribution is -2.14. The number of aromatic carboxylic acids is 1. The molecule has 1 aromatic carbocycles. The number of aromatic hydroxyl groups is 1. The van der Waals surface area contributed by atoms with E-state index >= 15 is 0 Å². The first-order valence-corrected chi connectivity index (χ1v) is 4.81. The monoisotopic (exact) mass is 208 g/mol.